The van der Waals surface area contributed by atoms with Crippen molar-refractivity contribution in [2.45, 2.75) is 0 Å². The lowest BCUT2D eigenvalue weighted by atomic mass is 10.1. The lowest BCUT2D eigenvalue weighted by Gasteiger charge is -2.07. The first kappa shape index (κ1) is 9.41. The van der Waals surface area contributed by atoms with Crippen molar-refractivity contribution in [2.24, 2.45) is 0 Å². The number of hydrogen-bond donors (Lipinski definition) is 1. The Morgan fingerprint density at radius 3 is 2.64 bits per heavy atom. The van der Waals surface area contributed by atoms with E-state index in [1.54, 1.807) is 0 Å². The fourth-order valence-corrected chi connectivity index (χ4v) is 1.57. The van der Waals surface area contributed by atoms with Gasteiger partial charge < -0.3 is 4.74 Å². The van der Waals surface area contributed by atoms with Crippen LogP contribution < -0.4 is 4.74 Å². The van der Waals surface area contributed by atoms with Gasteiger partial charge in [0.1, 0.15) is 5.75 Å². The monoisotopic (exact) mass is 204 g/mol. The molecule has 0 radical (unpaired) electrons. The number of fused-ring (bicyclic) bond motifs is 1. The highest BCUT2D eigenvalue weighted by molar-refractivity contribution is 7.80. The van der Waals surface area contributed by atoms with Gasteiger partial charge in [0.15, 0.2) is 0 Å². The van der Waals surface area contributed by atoms with Crippen LogP contribution in [0.1, 0.15) is 0 Å². The SMILES string of the molecule is SCCOc1cccc2ccccc12. The highest BCUT2D eigenvalue weighted by Crippen LogP contribution is 2.24. The number of benzene rings is 2. The van der Waals surface area contributed by atoms with Crippen LogP contribution in [0.15, 0.2) is 42.5 Å². The molecule has 0 saturated carbocycles. The van der Waals surface area contributed by atoms with Crippen molar-refractivity contribution in [1.82, 2.24) is 0 Å². The molecule has 0 bridgehead atoms. The van der Waals surface area contributed by atoms with Gasteiger partial charge in [-0.25, -0.2) is 0 Å². The van der Waals surface area contributed by atoms with E-state index in [1.165, 1.54) is 5.39 Å². The number of hydrogen-bond acceptors (Lipinski definition) is 2. The molecule has 2 aromatic carbocycles. The van der Waals surface area contributed by atoms with Crippen molar-refractivity contribution in [2.75, 3.05) is 12.4 Å². The molecule has 0 aliphatic heterocycles. The molecule has 2 aromatic rings. The Morgan fingerprint density at radius 2 is 1.79 bits per heavy atom. The Bertz CT molecular complexity index is 420. The molecular weight excluding hydrogens is 192 g/mol. The number of thiol groups is 1. The first-order valence-corrected chi connectivity index (χ1v) is 5.26. The second-order valence-electron chi connectivity index (χ2n) is 3.05. The van der Waals surface area contributed by atoms with Gasteiger partial charge in [-0.05, 0) is 11.5 Å². The molecule has 72 valence electrons. The standard InChI is InChI=1S/C12H12OS/c14-9-8-13-12-7-3-5-10-4-1-2-6-11(10)12/h1-7,14H,8-9H2. The van der Waals surface area contributed by atoms with Gasteiger partial charge in [0.05, 0.1) is 6.61 Å². The van der Waals surface area contributed by atoms with Crippen LogP contribution in [0.5, 0.6) is 5.75 Å². The number of rotatable bonds is 3. The van der Waals surface area contributed by atoms with Crippen LogP contribution in [-0.2, 0) is 0 Å². The highest BCUT2D eigenvalue weighted by Gasteiger charge is 1.99. The van der Waals surface area contributed by atoms with Gasteiger partial charge in [0, 0.05) is 11.1 Å². The maximum atomic E-state index is 5.59. The normalized spacial score (nSPS) is 10.4. The zero-order valence-corrected chi connectivity index (χ0v) is 8.71. The second-order valence-corrected chi connectivity index (χ2v) is 3.50. The fraction of sp³-hybridized carbons (Fsp3) is 0.167. The summed E-state index contributed by atoms with van der Waals surface area (Å²) in [4.78, 5) is 0. The number of ether oxygens (including phenoxy) is 1. The molecule has 0 heterocycles. The molecule has 1 nitrogen and oxygen atoms in total. The predicted molar refractivity (Wildman–Crippen MR) is 63.3 cm³/mol. The van der Waals surface area contributed by atoms with Crippen LogP contribution in [0.3, 0.4) is 0 Å². The third kappa shape index (κ3) is 1.85. The lowest BCUT2D eigenvalue weighted by molar-refractivity contribution is 0.348. The minimum atomic E-state index is 0.650. The maximum absolute atomic E-state index is 5.59. The Labute approximate surface area is 89.1 Å². The summed E-state index contributed by atoms with van der Waals surface area (Å²) >= 11 is 4.12. The topological polar surface area (TPSA) is 9.23 Å². The average molecular weight is 204 g/mol. The van der Waals surface area contributed by atoms with Gasteiger partial charge in [-0.1, -0.05) is 36.4 Å². The molecule has 0 N–H and O–H groups in total. The summed E-state index contributed by atoms with van der Waals surface area (Å²) in [5, 5.41) is 2.38. The van der Waals surface area contributed by atoms with E-state index in [0.29, 0.717) is 6.61 Å². The van der Waals surface area contributed by atoms with Gasteiger partial charge in [-0.2, -0.15) is 12.6 Å². The molecule has 2 heteroatoms. The summed E-state index contributed by atoms with van der Waals surface area (Å²) in [6.07, 6.45) is 0. The van der Waals surface area contributed by atoms with Crippen LogP contribution in [0, 0.1) is 0 Å². The van der Waals surface area contributed by atoms with Crippen LogP contribution in [0.2, 0.25) is 0 Å². The van der Waals surface area contributed by atoms with E-state index in [9.17, 15) is 0 Å². The van der Waals surface area contributed by atoms with Gasteiger partial charge in [0.2, 0.25) is 0 Å². The van der Waals surface area contributed by atoms with Gasteiger partial charge in [-0.15, -0.1) is 0 Å². The largest absolute Gasteiger partial charge is 0.492 e. The van der Waals surface area contributed by atoms with Crippen LogP contribution in [0.25, 0.3) is 10.8 Å². The van der Waals surface area contributed by atoms with Gasteiger partial charge in [0.25, 0.3) is 0 Å². The van der Waals surface area contributed by atoms with Crippen LogP contribution >= 0.6 is 12.6 Å². The zero-order valence-electron chi connectivity index (χ0n) is 7.81. The fourth-order valence-electron chi connectivity index (χ4n) is 1.48. The molecule has 0 aromatic heterocycles. The third-order valence-corrected chi connectivity index (χ3v) is 2.28. The van der Waals surface area contributed by atoms with Crippen molar-refractivity contribution in [3.63, 3.8) is 0 Å². The first-order valence-electron chi connectivity index (χ1n) is 4.63. The average Bonchev–Trinajstić information content (AvgIpc) is 2.26. The minimum Gasteiger partial charge on any atom is -0.492 e. The van der Waals surface area contributed by atoms with Crippen LogP contribution in [0.4, 0.5) is 0 Å². The maximum Gasteiger partial charge on any atom is 0.127 e. The van der Waals surface area contributed by atoms with Crippen molar-refractivity contribution >= 4 is 23.4 Å². The molecule has 14 heavy (non-hydrogen) atoms. The first-order chi connectivity index (χ1) is 6.92. The highest BCUT2D eigenvalue weighted by atomic mass is 32.1. The molecule has 0 unspecified atom stereocenters. The smallest absolute Gasteiger partial charge is 0.127 e. The van der Waals surface area contributed by atoms with E-state index in [4.69, 9.17) is 4.74 Å². The molecule has 0 spiro atoms. The third-order valence-electron chi connectivity index (χ3n) is 2.10. The molecule has 2 rings (SSSR count). The second kappa shape index (κ2) is 4.38. The molecule has 0 aliphatic rings. The summed E-state index contributed by atoms with van der Waals surface area (Å²) in [5.74, 6) is 1.68. The zero-order chi connectivity index (χ0) is 9.80. The quantitative estimate of drug-likeness (QED) is 0.756. The van der Waals surface area contributed by atoms with Gasteiger partial charge in [-0.3, -0.25) is 0 Å². The molecule has 0 saturated heterocycles. The van der Waals surface area contributed by atoms with Crippen molar-refractivity contribution in [3.8, 4) is 5.75 Å². The molecular formula is C12H12OS. The lowest BCUT2D eigenvalue weighted by Crippen LogP contribution is -1.98. The van der Waals surface area contributed by atoms with Crippen molar-refractivity contribution < 1.29 is 4.74 Å². The summed E-state index contributed by atoms with van der Waals surface area (Å²) in [5.41, 5.74) is 0. The van der Waals surface area contributed by atoms with E-state index < -0.39 is 0 Å². The summed E-state index contributed by atoms with van der Waals surface area (Å²) < 4.78 is 5.59. The minimum absolute atomic E-state index is 0.650. The Kier molecular flexibility index (Phi) is 2.94. The molecule has 0 amide bonds. The molecule has 0 atom stereocenters. The Balaban J connectivity index is 2.43. The van der Waals surface area contributed by atoms with Gasteiger partial charge >= 0.3 is 0 Å². The summed E-state index contributed by atoms with van der Waals surface area (Å²) in [6.45, 7) is 0.650. The van der Waals surface area contributed by atoms with E-state index in [1.807, 2.05) is 24.3 Å². The molecule has 0 aliphatic carbocycles. The van der Waals surface area contributed by atoms with E-state index in [2.05, 4.69) is 30.8 Å². The summed E-state index contributed by atoms with van der Waals surface area (Å²) in [6, 6.07) is 14.3. The van der Waals surface area contributed by atoms with E-state index in [-0.39, 0.29) is 0 Å². The summed E-state index contributed by atoms with van der Waals surface area (Å²) in [7, 11) is 0. The molecule has 0 fully saturated rings. The van der Waals surface area contributed by atoms with Crippen molar-refractivity contribution in [1.29, 1.82) is 0 Å². The van der Waals surface area contributed by atoms with E-state index >= 15 is 0 Å². The van der Waals surface area contributed by atoms with E-state index in [0.717, 1.165) is 16.9 Å². The predicted octanol–water partition coefficient (Wildman–Crippen LogP) is 3.15. The van der Waals surface area contributed by atoms with Crippen LogP contribution in [-0.4, -0.2) is 12.4 Å². The Hall–Kier alpha value is -1.15. The Morgan fingerprint density at radius 1 is 1.00 bits per heavy atom. The van der Waals surface area contributed by atoms with Crippen molar-refractivity contribution in [3.05, 3.63) is 42.5 Å².